The second-order valence-electron chi connectivity index (χ2n) is 6.89. The fourth-order valence-corrected chi connectivity index (χ4v) is 3.69. The number of aromatic hydroxyl groups is 1. The molecule has 0 aromatic heterocycles. The summed E-state index contributed by atoms with van der Waals surface area (Å²) in [6.45, 7) is 0. The van der Waals surface area contributed by atoms with Gasteiger partial charge in [-0.3, -0.25) is 0 Å². The molecule has 0 radical (unpaired) electrons. The van der Waals surface area contributed by atoms with E-state index in [9.17, 15) is 15.0 Å². The quantitative estimate of drug-likeness (QED) is 0.421. The number of benzene rings is 4. The molecule has 4 rings (SSSR count). The highest BCUT2D eigenvalue weighted by Gasteiger charge is 2.23. The molecule has 2 N–H and O–H groups in total. The molecule has 4 aromatic carbocycles. The molecule has 0 spiro atoms. The molecule has 0 unspecified atom stereocenters. The average Bonchev–Trinajstić information content (AvgIpc) is 2.77. The third kappa shape index (κ3) is 3.76. The van der Waals surface area contributed by atoms with Gasteiger partial charge in [-0.2, -0.15) is 0 Å². The van der Waals surface area contributed by atoms with Gasteiger partial charge in [-0.25, -0.2) is 4.79 Å². The molecule has 0 heterocycles. The maximum absolute atomic E-state index is 11.9. The second kappa shape index (κ2) is 8.03. The first kappa shape index (κ1) is 18.5. The highest BCUT2D eigenvalue weighted by atomic mass is 16.4. The van der Waals surface area contributed by atoms with E-state index in [0.29, 0.717) is 5.56 Å². The van der Waals surface area contributed by atoms with Gasteiger partial charge in [0.2, 0.25) is 0 Å². The highest BCUT2D eigenvalue weighted by molar-refractivity contribution is 5.94. The minimum absolute atomic E-state index is 0.0989. The molecule has 0 saturated heterocycles. The largest absolute Gasteiger partial charge is 0.506 e. The summed E-state index contributed by atoms with van der Waals surface area (Å²) in [4.78, 5) is 11.9. The standard InChI is InChI=1S/C26H20O3/c27-25-22(18-10-4-1-5-11-18)16-21(17-23(25)26(28)29)24(19-12-6-2-7-13-19)20-14-8-3-9-15-20/h1-17,24,27H,(H,28,29). The van der Waals surface area contributed by atoms with Crippen LogP contribution in [0.4, 0.5) is 0 Å². The summed E-state index contributed by atoms with van der Waals surface area (Å²) in [5.74, 6) is -1.52. The monoisotopic (exact) mass is 380 g/mol. The van der Waals surface area contributed by atoms with Crippen molar-refractivity contribution < 1.29 is 15.0 Å². The summed E-state index contributed by atoms with van der Waals surface area (Å²) in [5.41, 5.74) is 4.11. The van der Waals surface area contributed by atoms with Crippen LogP contribution in [0.3, 0.4) is 0 Å². The third-order valence-electron chi connectivity index (χ3n) is 5.05. The number of hydrogen-bond donors (Lipinski definition) is 2. The zero-order chi connectivity index (χ0) is 20.2. The zero-order valence-electron chi connectivity index (χ0n) is 15.7. The number of rotatable bonds is 5. The van der Waals surface area contributed by atoms with Gasteiger partial charge in [-0.05, 0) is 34.4 Å². The predicted molar refractivity (Wildman–Crippen MR) is 114 cm³/mol. The normalized spacial score (nSPS) is 10.8. The van der Waals surface area contributed by atoms with E-state index in [2.05, 4.69) is 0 Å². The first-order chi connectivity index (χ1) is 14.1. The van der Waals surface area contributed by atoms with Gasteiger partial charge in [-0.1, -0.05) is 91.0 Å². The Morgan fingerprint density at radius 2 is 1.14 bits per heavy atom. The van der Waals surface area contributed by atoms with Crippen LogP contribution in [0.1, 0.15) is 33.0 Å². The lowest BCUT2D eigenvalue weighted by molar-refractivity contribution is 0.0693. The first-order valence-corrected chi connectivity index (χ1v) is 9.40. The van der Waals surface area contributed by atoms with Crippen LogP contribution in [-0.4, -0.2) is 16.2 Å². The maximum Gasteiger partial charge on any atom is 0.339 e. The number of carboxylic acids is 1. The summed E-state index contributed by atoms with van der Waals surface area (Å²) in [7, 11) is 0. The summed E-state index contributed by atoms with van der Waals surface area (Å²) < 4.78 is 0. The molecule has 3 nitrogen and oxygen atoms in total. The van der Waals surface area contributed by atoms with Crippen LogP contribution in [-0.2, 0) is 0 Å². The molecular weight excluding hydrogens is 360 g/mol. The highest BCUT2D eigenvalue weighted by Crippen LogP contribution is 2.39. The maximum atomic E-state index is 11.9. The van der Waals surface area contributed by atoms with Gasteiger partial charge in [-0.15, -0.1) is 0 Å². The van der Waals surface area contributed by atoms with Gasteiger partial charge in [0, 0.05) is 11.5 Å². The summed E-state index contributed by atoms with van der Waals surface area (Å²) in [6.07, 6.45) is 0. The molecule has 3 heteroatoms. The van der Waals surface area contributed by atoms with E-state index in [1.54, 1.807) is 6.07 Å². The molecule has 0 fully saturated rings. The molecule has 0 saturated carbocycles. The smallest absolute Gasteiger partial charge is 0.339 e. The van der Waals surface area contributed by atoms with Crippen LogP contribution in [0.25, 0.3) is 11.1 Å². The molecule has 0 aliphatic carbocycles. The molecule has 0 atom stereocenters. The van der Waals surface area contributed by atoms with Gasteiger partial charge >= 0.3 is 5.97 Å². The van der Waals surface area contributed by atoms with Crippen LogP contribution < -0.4 is 0 Å². The van der Waals surface area contributed by atoms with E-state index in [-0.39, 0.29) is 17.2 Å². The molecule has 0 bridgehead atoms. The lowest BCUT2D eigenvalue weighted by Gasteiger charge is -2.21. The summed E-state index contributed by atoms with van der Waals surface area (Å²) >= 11 is 0. The van der Waals surface area contributed by atoms with Crippen molar-refractivity contribution in [1.29, 1.82) is 0 Å². The van der Waals surface area contributed by atoms with Crippen molar-refractivity contribution in [3.05, 3.63) is 125 Å². The summed E-state index contributed by atoms with van der Waals surface area (Å²) in [6, 6.07) is 32.8. The summed E-state index contributed by atoms with van der Waals surface area (Å²) in [5, 5.41) is 20.4. The van der Waals surface area contributed by atoms with Crippen molar-refractivity contribution in [1.82, 2.24) is 0 Å². The van der Waals surface area contributed by atoms with E-state index in [4.69, 9.17) is 0 Å². The van der Waals surface area contributed by atoms with Gasteiger partial charge in [0.1, 0.15) is 11.3 Å². The topological polar surface area (TPSA) is 57.5 Å². The number of carbonyl (C=O) groups is 1. The molecule has 142 valence electrons. The van der Waals surface area contributed by atoms with Crippen molar-refractivity contribution in [3.63, 3.8) is 0 Å². The number of hydrogen-bond acceptors (Lipinski definition) is 2. The molecular formula is C26H20O3. The van der Waals surface area contributed by atoms with Crippen molar-refractivity contribution in [3.8, 4) is 16.9 Å². The van der Waals surface area contributed by atoms with Crippen molar-refractivity contribution in [2.75, 3.05) is 0 Å². The number of aromatic carboxylic acids is 1. The van der Waals surface area contributed by atoms with Gasteiger partial charge < -0.3 is 10.2 Å². The van der Waals surface area contributed by atoms with Crippen LogP contribution in [0.2, 0.25) is 0 Å². The molecule has 0 aliphatic heterocycles. The Bertz CT molecular complexity index is 1080. The van der Waals surface area contributed by atoms with Gasteiger partial charge in [0.15, 0.2) is 0 Å². The minimum atomic E-state index is -1.15. The van der Waals surface area contributed by atoms with Crippen LogP contribution in [0, 0.1) is 0 Å². The number of carboxylic acid groups (broad SMARTS) is 1. The Morgan fingerprint density at radius 1 is 0.655 bits per heavy atom. The van der Waals surface area contributed by atoms with Crippen LogP contribution in [0.15, 0.2) is 103 Å². The fraction of sp³-hybridized carbons (Fsp3) is 0.0385. The van der Waals surface area contributed by atoms with Crippen LogP contribution in [0.5, 0.6) is 5.75 Å². The minimum Gasteiger partial charge on any atom is -0.506 e. The van der Waals surface area contributed by atoms with Crippen molar-refractivity contribution in [2.45, 2.75) is 5.92 Å². The lowest BCUT2D eigenvalue weighted by Crippen LogP contribution is -2.07. The Labute approximate surface area is 169 Å². The van der Waals surface area contributed by atoms with E-state index in [0.717, 1.165) is 22.3 Å². The Kier molecular flexibility index (Phi) is 5.12. The zero-order valence-corrected chi connectivity index (χ0v) is 15.7. The van der Waals surface area contributed by atoms with Crippen LogP contribution >= 0.6 is 0 Å². The van der Waals surface area contributed by atoms with E-state index >= 15 is 0 Å². The van der Waals surface area contributed by atoms with Gasteiger partial charge in [0.25, 0.3) is 0 Å². The average molecular weight is 380 g/mol. The first-order valence-electron chi connectivity index (χ1n) is 9.40. The molecule has 0 aliphatic rings. The molecule has 0 amide bonds. The van der Waals surface area contributed by atoms with E-state index in [1.165, 1.54) is 0 Å². The Balaban J connectivity index is 1.98. The van der Waals surface area contributed by atoms with E-state index < -0.39 is 5.97 Å². The van der Waals surface area contributed by atoms with Crippen molar-refractivity contribution in [2.24, 2.45) is 0 Å². The molecule has 29 heavy (non-hydrogen) atoms. The fourth-order valence-electron chi connectivity index (χ4n) is 3.69. The van der Waals surface area contributed by atoms with E-state index in [1.807, 2.05) is 97.1 Å². The van der Waals surface area contributed by atoms with Gasteiger partial charge in [0.05, 0.1) is 0 Å². The number of phenols is 1. The predicted octanol–water partition coefficient (Wildman–Crippen LogP) is 5.94. The Morgan fingerprint density at radius 3 is 1.62 bits per heavy atom. The SMILES string of the molecule is O=C(O)c1cc(C(c2ccccc2)c2ccccc2)cc(-c2ccccc2)c1O. The Hall–Kier alpha value is -3.85. The second-order valence-corrected chi connectivity index (χ2v) is 6.89. The third-order valence-corrected chi connectivity index (χ3v) is 5.05. The van der Waals surface area contributed by atoms with Crippen molar-refractivity contribution >= 4 is 5.97 Å². The molecule has 4 aromatic rings. The lowest BCUT2D eigenvalue weighted by atomic mass is 9.83.